The van der Waals surface area contributed by atoms with E-state index in [-0.39, 0.29) is 0 Å². The Hall–Kier alpha value is -1.13. The molecule has 1 aromatic heterocycles. The summed E-state index contributed by atoms with van der Waals surface area (Å²) in [7, 11) is 4.24. The maximum atomic E-state index is 4.71. The number of hydrogen-bond acceptors (Lipinski definition) is 4. The Kier molecular flexibility index (Phi) is 7.68. The number of rotatable bonds is 9. The van der Waals surface area contributed by atoms with Crippen molar-refractivity contribution in [2.45, 2.75) is 46.7 Å². The minimum atomic E-state index is 0.504. The van der Waals surface area contributed by atoms with Gasteiger partial charge in [-0.15, -0.1) is 0 Å². The number of nitrogens with one attached hydrogen (secondary N) is 1. The van der Waals surface area contributed by atoms with Crippen molar-refractivity contribution in [2.75, 3.05) is 38.6 Å². The second-order valence-electron chi connectivity index (χ2n) is 6.25. The van der Waals surface area contributed by atoms with E-state index < -0.39 is 0 Å². The Morgan fingerprint density at radius 3 is 2.48 bits per heavy atom. The Morgan fingerprint density at radius 2 is 1.90 bits per heavy atom. The van der Waals surface area contributed by atoms with Crippen LogP contribution in [0, 0.1) is 6.92 Å². The molecule has 21 heavy (non-hydrogen) atoms. The zero-order valence-electron chi connectivity index (χ0n) is 14.6. The van der Waals surface area contributed by atoms with Gasteiger partial charge in [-0.3, -0.25) is 0 Å². The number of aryl methyl sites for hydroxylation is 1. The molecule has 0 aliphatic carbocycles. The van der Waals surface area contributed by atoms with Crippen molar-refractivity contribution in [1.29, 1.82) is 0 Å². The predicted molar refractivity (Wildman–Crippen MR) is 92.0 cm³/mol. The second-order valence-corrected chi connectivity index (χ2v) is 6.25. The molecule has 0 radical (unpaired) electrons. The van der Waals surface area contributed by atoms with Crippen LogP contribution in [-0.4, -0.2) is 49.7 Å². The molecule has 0 aliphatic heterocycles. The molecule has 1 aromatic rings. The standard InChI is InChI=1S/C17H32N4/c1-7-21(10-8-9-20(5)6)17-12-16(11-15(4)19-17)13-18-14(2)3/h11-12,14,18H,7-10,13H2,1-6H3. The quantitative estimate of drug-likeness (QED) is 0.758. The van der Waals surface area contributed by atoms with Crippen LogP contribution in [0.3, 0.4) is 0 Å². The topological polar surface area (TPSA) is 31.4 Å². The van der Waals surface area contributed by atoms with Crippen LogP contribution in [0.15, 0.2) is 12.1 Å². The summed E-state index contributed by atoms with van der Waals surface area (Å²) in [4.78, 5) is 9.32. The van der Waals surface area contributed by atoms with Crippen molar-refractivity contribution in [3.05, 3.63) is 23.4 Å². The highest BCUT2D eigenvalue weighted by atomic mass is 15.2. The van der Waals surface area contributed by atoms with Crippen LogP contribution in [0.1, 0.15) is 38.4 Å². The molecule has 4 nitrogen and oxygen atoms in total. The van der Waals surface area contributed by atoms with Crippen LogP contribution in [0.2, 0.25) is 0 Å². The molecule has 0 fully saturated rings. The zero-order valence-corrected chi connectivity index (χ0v) is 14.6. The molecule has 4 heteroatoms. The summed E-state index contributed by atoms with van der Waals surface area (Å²) in [5.74, 6) is 1.11. The fraction of sp³-hybridized carbons (Fsp3) is 0.706. The van der Waals surface area contributed by atoms with Crippen molar-refractivity contribution >= 4 is 5.82 Å². The van der Waals surface area contributed by atoms with E-state index >= 15 is 0 Å². The summed E-state index contributed by atoms with van der Waals surface area (Å²) in [5.41, 5.74) is 2.41. The molecule has 0 aromatic carbocycles. The minimum absolute atomic E-state index is 0.504. The van der Waals surface area contributed by atoms with Crippen LogP contribution >= 0.6 is 0 Å². The fourth-order valence-electron chi connectivity index (χ4n) is 2.32. The fourth-order valence-corrected chi connectivity index (χ4v) is 2.32. The molecule has 0 atom stereocenters. The number of anilines is 1. The summed E-state index contributed by atoms with van der Waals surface area (Å²) >= 11 is 0. The van der Waals surface area contributed by atoms with Crippen molar-refractivity contribution in [1.82, 2.24) is 15.2 Å². The Balaban J connectivity index is 2.73. The van der Waals surface area contributed by atoms with Gasteiger partial charge >= 0.3 is 0 Å². The van der Waals surface area contributed by atoms with Gasteiger partial charge < -0.3 is 15.1 Å². The van der Waals surface area contributed by atoms with Crippen molar-refractivity contribution in [2.24, 2.45) is 0 Å². The third-order valence-electron chi connectivity index (χ3n) is 3.45. The van der Waals surface area contributed by atoms with Gasteiger partial charge in [-0.05, 0) is 58.6 Å². The molecule has 0 amide bonds. The van der Waals surface area contributed by atoms with E-state index in [1.165, 1.54) is 5.56 Å². The lowest BCUT2D eigenvalue weighted by molar-refractivity contribution is 0.400. The first-order valence-electron chi connectivity index (χ1n) is 8.03. The van der Waals surface area contributed by atoms with E-state index in [1.807, 2.05) is 0 Å². The lowest BCUT2D eigenvalue weighted by Crippen LogP contribution is -2.28. The van der Waals surface area contributed by atoms with Crippen LogP contribution < -0.4 is 10.2 Å². The lowest BCUT2D eigenvalue weighted by Gasteiger charge is -2.24. The van der Waals surface area contributed by atoms with Gasteiger partial charge in [-0.2, -0.15) is 0 Å². The van der Waals surface area contributed by atoms with Crippen LogP contribution in [0.25, 0.3) is 0 Å². The van der Waals surface area contributed by atoms with Crippen molar-refractivity contribution in [3.63, 3.8) is 0 Å². The SMILES string of the molecule is CCN(CCCN(C)C)c1cc(CNC(C)C)cc(C)n1. The molecule has 0 spiro atoms. The highest BCUT2D eigenvalue weighted by Crippen LogP contribution is 2.15. The Morgan fingerprint density at radius 1 is 1.19 bits per heavy atom. The second kappa shape index (κ2) is 9.00. The van der Waals surface area contributed by atoms with Gasteiger partial charge in [0.2, 0.25) is 0 Å². The smallest absolute Gasteiger partial charge is 0.129 e. The monoisotopic (exact) mass is 292 g/mol. The largest absolute Gasteiger partial charge is 0.357 e. The van der Waals surface area contributed by atoms with Gasteiger partial charge in [0.25, 0.3) is 0 Å². The Bertz CT molecular complexity index is 415. The van der Waals surface area contributed by atoms with Gasteiger partial charge in [-0.1, -0.05) is 13.8 Å². The average Bonchev–Trinajstić information content (AvgIpc) is 2.40. The summed E-state index contributed by atoms with van der Waals surface area (Å²) in [6.45, 7) is 12.7. The molecule has 1 N–H and O–H groups in total. The molecule has 0 saturated heterocycles. The number of aromatic nitrogens is 1. The molecular weight excluding hydrogens is 260 g/mol. The molecule has 0 unspecified atom stereocenters. The van der Waals surface area contributed by atoms with Crippen LogP contribution in [0.4, 0.5) is 5.82 Å². The molecule has 1 rings (SSSR count). The normalized spacial score (nSPS) is 11.4. The molecule has 0 saturated carbocycles. The highest BCUT2D eigenvalue weighted by Gasteiger charge is 2.08. The van der Waals surface area contributed by atoms with Crippen LogP contribution in [-0.2, 0) is 6.54 Å². The lowest BCUT2D eigenvalue weighted by atomic mass is 10.2. The van der Waals surface area contributed by atoms with Gasteiger partial charge in [0, 0.05) is 31.4 Å². The van der Waals surface area contributed by atoms with E-state index in [2.05, 4.69) is 69.0 Å². The van der Waals surface area contributed by atoms with E-state index in [1.54, 1.807) is 0 Å². The summed E-state index contributed by atoms with van der Waals surface area (Å²) < 4.78 is 0. The molecular formula is C17H32N4. The highest BCUT2D eigenvalue weighted by molar-refractivity contribution is 5.42. The minimum Gasteiger partial charge on any atom is -0.357 e. The van der Waals surface area contributed by atoms with Gasteiger partial charge in [0.15, 0.2) is 0 Å². The molecule has 0 aliphatic rings. The van der Waals surface area contributed by atoms with Gasteiger partial charge in [0.1, 0.15) is 5.82 Å². The van der Waals surface area contributed by atoms with E-state index in [4.69, 9.17) is 4.98 Å². The van der Waals surface area contributed by atoms with Gasteiger partial charge in [-0.25, -0.2) is 4.98 Å². The first kappa shape index (κ1) is 17.9. The molecule has 1 heterocycles. The Labute approximate surface area is 130 Å². The first-order chi connectivity index (χ1) is 9.92. The zero-order chi connectivity index (χ0) is 15.8. The van der Waals surface area contributed by atoms with Crippen molar-refractivity contribution in [3.8, 4) is 0 Å². The third kappa shape index (κ3) is 6.91. The average molecular weight is 292 g/mol. The molecule has 120 valence electrons. The molecule has 0 bridgehead atoms. The summed E-state index contributed by atoms with van der Waals surface area (Å²) in [5, 5.41) is 3.48. The first-order valence-corrected chi connectivity index (χ1v) is 8.03. The summed E-state index contributed by atoms with van der Waals surface area (Å²) in [6.07, 6.45) is 1.16. The number of pyridine rings is 1. The van der Waals surface area contributed by atoms with E-state index in [0.29, 0.717) is 6.04 Å². The third-order valence-corrected chi connectivity index (χ3v) is 3.45. The van der Waals surface area contributed by atoms with E-state index in [0.717, 1.165) is 44.1 Å². The van der Waals surface area contributed by atoms with E-state index in [9.17, 15) is 0 Å². The number of hydrogen-bond donors (Lipinski definition) is 1. The van der Waals surface area contributed by atoms with Gasteiger partial charge in [0.05, 0.1) is 0 Å². The van der Waals surface area contributed by atoms with Crippen molar-refractivity contribution < 1.29 is 0 Å². The summed E-state index contributed by atoms with van der Waals surface area (Å²) in [6, 6.07) is 4.90. The van der Waals surface area contributed by atoms with Crippen LogP contribution in [0.5, 0.6) is 0 Å². The maximum absolute atomic E-state index is 4.71. The predicted octanol–water partition coefficient (Wildman–Crippen LogP) is 2.67. The maximum Gasteiger partial charge on any atom is 0.129 e. The number of nitrogens with zero attached hydrogens (tertiary/aromatic N) is 3.